The lowest BCUT2D eigenvalue weighted by atomic mass is 10.1. The standard InChI is InChI=1S/C14H21N3O3/c1-8(2)11-5-10(14(19)20)6-12(17-11)15-7-13(18)16-9(3)4/h5-6,8-9H,7H2,1-4H3,(H,15,17)(H,16,18)(H,19,20). The van der Waals surface area contributed by atoms with Crippen molar-refractivity contribution < 1.29 is 14.7 Å². The van der Waals surface area contributed by atoms with Crippen LogP contribution in [0.3, 0.4) is 0 Å². The first-order valence-electron chi connectivity index (χ1n) is 6.58. The van der Waals surface area contributed by atoms with Gasteiger partial charge in [-0.25, -0.2) is 9.78 Å². The van der Waals surface area contributed by atoms with E-state index in [1.165, 1.54) is 6.07 Å². The van der Waals surface area contributed by atoms with Gasteiger partial charge < -0.3 is 15.7 Å². The molecule has 0 saturated heterocycles. The average Bonchev–Trinajstić information content (AvgIpc) is 2.35. The SMILES string of the molecule is CC(C)NC(=O)CNc1cc(C(=O)O)cc(C(C)C)n1. The molecule has 0 radical (unpaired) electrons. The number of rotatable bonds is 6. The molecule has 1 aromatic rings. The Morgan fingerprint density at radius 1 is 1.25 bits per heavy atom. The summed E-state index contributed by atoms with van der Waals surface area (Å²) >= 11 is 0. The third-order valence-electron chi connectivity index (χ3n) is 2.56. The van der Waals surface area contributed by atoms with Crippen molar-refractivity contribution in [3.05, 3.63) is 23.4 Å². The van der Waals surface area contributed by atoms with Gasteiger partial charge in [-0.3, -0.25) is 4.79 Å². The Bertz CT molecular complexity index is 498. The molecule has 3 N–H and O–H groups in total. The number of aromatic nitrogens is 1. The van der Waals surface area contributed by atoms with Crippen LogP contribution in [-0.4, -0.2) is 34.6 Å². The van der Waals surface area contributed by atoms with Gasteiger partial charge in [-0.1, -0.05) is 13.8 Å². The number of anilines is 1. The number of amides is 1. The van der Waals surface area contributed by atoms with E-state index in [9.17, 15) is 9.59 Å². The largest absolute Gasteiger partial charge is 0.478 e. The lowest BCUT2D eigenvalue weighted by Crippen LogP contribution is -2.35. The van der Waals surface area contributed by atoms with E-state index in [1.54, 1.807) is 6.07 Å². The number of hydrogen-bond acceptors (Lipinski definition) is 4. The molecule has 0 unspecified atom stereocenters. The molecule has 6 nitrogen and oxygen atoms in total. The molecule has 0 saturated carbocycles. The summed E-state index contributed by atoms with van der Waals surface area (Å²) in [5, 5.41) is 14.7. The van der Waals surface area contributed by atoms with E-state index in [-0.39, 0.29) is 30.0 Å². The zero-order valence-corrected chi connectivity index (χ0v) is 12.2. The molecule has 1 rings (SSSR count). The van der Waals surface area contributed by atoms with Crippen molar-refractivity contribution >= 4 is 17.7 Å². The number of carboxylic acids is 1. The Morgan fingerprint density at radius 2 is 1.90 bits per heavy atom. The molecule has 0 bridgehead atoms. The molecular weight excluding hydrogens is 258 g/mol. The summed E-state index contributed by atoms with van der Waals surface area (Å²) in [4.78, 5) is 26.9. The number of nitrogens with zero attached hydrogens (tertiary/aromatic N) is 1. The predicted molar refractivity (Wildman–Crippen MR) is 77.1 cm³/mol. The van der Waals surface area contributed by atoms with E-state index in [4.69, 9.17) is 5.11 Å². The lowest BCUT2D eigenvalue weighted by molar-refractivity contribution is -0.119. The van der Waals surface area contributed by atoms with Crippen molar-refractivity contribution in [1.29, 1.82) is 0 Å². The molecule has 6 heteroatoms. The minimum absolute atomic E-state index is 0.0613. The fourth-order valence-corrected chi connectivity index (χ4v) is 1.61. The van der Waals surface area contributed by atoms with Crippen LogP contribution >= 0.6 is 0 Å². The maximum Gasteiger partial charge on any atom is 0.335 e. The third kappa shape index (κ3) is 4.87. The minimum Gasteiger partial charge on any atom is -0.478 e. The van der Waals surface area contributed by atoms with Gasteiger partial charge in [0.05, 0.1) is 12.1 Å². The molecule has 0 fully saturated rings. The van der Waals surface area contributed by atoms with Gasteiger partial charge >= 0.3 is 5.97 Å². The maximum atomic E-state index is 11.5. The van der Waals surface area contributed by atoms with Crippen LogP contribution in [0.1, 0.15) is 49.7 Å². The van der Waals surface area contributed by atoms with Gasteiger partial charge in [0.15, 0.2) is 0 Å². The van der Waals surface area contributed by atoms with Gasteiger partial charge in [-0.15, -0.1) is 0 Å². The fraction of sp³-hybridized carbons (Fsp3) is 0.500. The molecule has 1 aromatic heterocycles. The van der Waals surface area contributed by atoms with Crippen molar-refractivity contribution in [3.63, 3.8) is 0 Å². The number of aromatic carboxylic acids is 1. The van der Waals surface area contributed by atoms with Gasteiger partial charge in [0.25, 0.3) is 0 Å². The van der Waals surface area contributed by atoms with E-state index in [0.29, 0.717) is 11.5 Å². The topological polar surface area (TPSA) is 91.3 Å². The van der Waals surface area contributed by atoms with Crippen LogP contribution < -0.4 is 10.6 Å². The predicted octanol–water partition coefficient (Wildman–Crippen LogP) is 1.84. The highest BCUT2D eigenvalue weighted by atomic mass is 16.4. The van der Waals surface area contributed by atoms with Crippen LogP contribution in [0, 0.1) is 0 Å². The number of hydrogen-bond donors (Lipinski definition) is 3. The average molecular weight is 279 g/mol. The van der Waals surface area contributed by atoms with E-state index < -0.39 is 5.97 Å². The molecule has 110 valence electrons. The van der Waals surface area contributed by atoms with Gasteiger partial charge in [0.2, 0.25) is 5.91 Å². The zero-order valence-electron chi connectivity index (χ0n) is 12.2. The summed E-state index contributed by atoms with van der Waals surface area (Å²) in [7, 11) is 0. The van der Waals surface area contributed by atoms with Crippen LogP contribution in [0.4, 0.5) is 5.82 Å². The van der Waals surface area contributed by atoms with Crippen molar-refractivity contribution in [2.75, 3.05) is 11.9 Å². The molecule has 1 heterocycles. The molecule has 20 heavy (non-hydrogen) atoms. The summed E-state index contributed by atoms with van der Waals surface area (Å²) < 4.78 is 0. The summed E-state index contributed by atoms with van der Waals surface area (Å²) in [6, 6.07) is 3.04. The summed E-state index contributed by atoms with van der Waals surface area (Å²) in [5.74, 6) is -0.663. The normalized spacial score (nSPS) is 10.7. The van der Waals surface area contributed by atoms with E-state index >= 15 is 0 Å². The van der Waals surface area contributed by atoms with Crippen LogP contribution in [-0.2, 0) is 4.79 Å². The number of pyridine rings is 1. The highest BCUT2D eigenvalue weighted by Gasteiger charge is 2.11. The highest BCUT2D eigenvalue weighted by molar-refractivity contribution is 5.89. The van der Waals surface area contributed by atoms with Gasteiger partial charge in [-0.05, 0) is 31.9 Å². The number of carbonyl (C=O) groups is 2. The zero-order chi connectivity index (χ0) is 15.3. The summed E-state index contributed by atoms with van der Waals surface area (Å²) in [5.41, 5.74) is 0.840. The smallest absolute Gasteiger partial charge is 0.335 e. The van der Waals surface area contributed by atoms with E-state index in [2.05, 4.69) is 15.6 Å². The lowest BCUT2D eigenvalue weighted by Gasteiger charge is -2.12. The Morgan fingerprint density at radius 3 is 2.40 bits per heavy atom. The van der Waals surface area contributed by atoms with E-state index in [0.717, 1.165) is 0 Å². The highest BCUT2D eigenvalue weighted by Crippen LogP contribution is 2.17. The number of nitrogens with one attached hydrogen (secondary N) is 2. The second-order valence-electron chi connectivity index (χ2n) is 5.20. The van der Waals surface area contributed by atoms with Gasteiger partial charge in [0, 0.05) is 11.7 Å². The first-order valence-corrected chi connectivity index (χ1v) is 6.58. The molecule has 0 aliphatic rings. The minimum atomic E-state index is -1.01. The Hall–Kier alpha value is -2.11. The van der Waals surface area contributed by atoms with Crippen LogP contribution in [0.5, 0.6) is 0 Å². The van der Waals surface area contributed by atoms with Crippen molar-refractivity contribution in [3.8, 4) is 0 Å². The summed E-state index contributed by atoms with van der Waals surface area (Å²) in [6.45, 7) is 7.67. The summed E-state index contributed by atoms with van der Waals surface area (Å²) in [6.07, 6.45) is 0. The Kier molecular flexibility index (Phi) is 5.49. The van der Waals surface area contributed by atoms with Crippen LogP contribution in [0.25, 0.3) is 0 Å². The second kappa shape index (κ2) is 6.88. The second-order valence-corrected chi connectivity index (χ2v) is 5.20. The first kappa shape index (κ1) is 15.9. The molecule has 0 spiro atoms. The monoisotopic (exact) mass is 279 g/mol. The van der Waals surface area contributed by atoms with Crippen molar-refractivity contribution in [2.24, 2.45) is 0 Å². The number of carboxylic acid groups (broad SMARTS) is 1. The number of carbonyl (C=O) groups excluding carboxylic acids is 1. The van der Waals surface area contributed by atoms with Crippen LogP contribution in [0.2, 0.25) is 0 Å². The third-order valence-corrected chi connectivity index (χ3v) is 2.56. The van der Waals surface area contributed by atoms with Crippen molar-refractivity contribution in [1.82, 2.24) is 10.3 Å². The fourth-order valence-electron chi connectivity index (χ4n) is 1.61. The van der Waals surface area contributed by atoms with Gasteiger partial charge in [-0.2, -0.15) is 0 Å². The quantitative estimate of drug-likeness (QED) is 0.739. The maximum absolute atomic E-state index is 11.5. The van der Waals surface area contributed by atoms with E-state index in [1.807, 2.05) is 27.7 Å². The Balaban J connectivity index is 2.83. The molecule has 0 aliphatic heterocycles. The molecule has 0 aromatic carbocycles. The molecule has 1 amide bonds. The van der Waals surface area contributed by atoms with Crippen LogP contribution in [0.15, 0.2) is 12.1 Å². The van der Waals surface area contributed by atoms with Crippen molar-refractivity contribution in [2.45, 2.75) is 39.7 Å². The first-order chi connectivity index (χ1) is 9.29. The molecule has 0 atom stereocenters. The Labute approximate surface area is 118 Å². The molecular formula is C14H21N3O3. The van der Waals surface area contributed by atoms with Gasteiger partial charge in [0.1, 0.15) is 5.82 Å². The molecule has 0 aliphatic carbocycles.